The van der Waals surface area contributed by atoms with Crippen LogP contribution in [-0.4, -0.2) is 94.0 Å². The third-order valence-corrected chi connectivity index (χ3v) is 6.37. The van der Waals surface area contributed by atoms with Gasteiger partial charge in [0, 0.05) is 24.9 Å². The van der Waals surface area contributed by atoms with Crippen LogP contribution in [-0.2, 0) is 25.6 Å². The lowest BCUT2D eigenvalue weighted by Crippen LogP contribution is -2.57. The number of carbonyl (C=O) groups excluding carboxylic acids is 3. The maximum absolute atomic E-state index is 13.3. The summed E-state index contributed by atoms with van der Waals surface area (Å²) in [5, 5.41) is 17.4. The van der Waals surface area contributed by atoms with Gasteiger partial charge in [0.15, 0.2) is 5.96 Å². The predicted molar refractivity (Wildman–Crippen MR) is 150 cm³/mol. The highest BCUT2D eigenvalue weighted by atomic mass is 32.2. The number of aliphatic imine (C=N–C) groups is 1. The molecule has 16 heteroatoms. The third-order valence-electron chi connectivity index (χ3n) is 5.72. The monoisotopic (exact) mass is 570 g/mol. The summed E-state index contributed by atoms with van der Waals surface area (Å²) >= 11 is 1.55. The molecule has 0 aromatic carbocycles. The topological polar surface area (TPSA) is 270 Å². The Morgan fingerprint density at radius 3 is 2.15 bits per heavy atom. The van der Waals surface area contributed by atoms with Crippen LogP contribution in [0.5, 0.6) is 0 Å². The molecule has 1 heterocycles. The van der Waals surface area contributed by atoms with E-state index in [0.717, 1.165) is 0 Å². The third kappa shape index (κ3) is 13.8. The number of aliphatic carboxylic acids is 1. The van der Waals surface area contributed by atoms with Crippen LogP contribution in [0.2, 0.25) is 0 Å². The minimum atomic E-state index is -1.27. The van der Waals surface area contributed by atoms with Gasteiger partial charge in [-0.25, -0.2) is 9.78 Å². The quantitative estimate of drug-likeness (QED) is 0.0459. The zero-order chi connectivity index (χ0) is 29.2. The zero-order valence-corrected chi connectivity index (χ0v) is 23.0. The first-order valence-corrected chi connectivity index (χ1v) is 14.1. The fourth-order valence-electron chi connectivity index (χ4n) is 3.55. The lowest BCUT2D eigenvalue weighted by atomic mass is 10.0. The molecule has 0 saturated heterocycles. The van der Waals surface area contributed by atoms with Crippen LogP contribution in [0.25, 0.3) is 0 Å². The summed E-state index contributed by atoms with van der Waals surface area (Å²) in [5.74, 6) is -2.47. The Balaban J connectivity index is 3.02. The Bertz CT molecular complexity index is 926. The Morgan fingerprint density at radius 2 is 1.62 bits per heavy atom. The molecule has 1 rings (SSSR count). The number of imidazole rings is 1. The van der Waals surface area contributed by atoms with Gasteiger partial charge in [-0.1, -0.05) is 0 Å². The molecule has 220 valence electrons. The molecule has 0 spiro atoms. The second-order valence-corrected chi connectivity index (χ2v) is 9.91. The van der Waals surface area contributed by atoms with Crippen molar-refractivity contribution in [2.75, 3.05) is 25.1 Å². The van der Waals surface area contributed by atoms with E-state index < -0.39 is 47.9 Å². The smallest absolute Gasteiger partial charge is 0.326 e. The fraction of sp³-hybridized carbons (Fsp3) is 0.652. The average molecular weight is 571 g/mol. The molecule has 1 aromatic heterocycles. The summed E-state index contributed by atoms with van der Waals surface area (Å²) in [6, 6.07) is -4.14. The normalized spacial score (nSPS) is 13.9. The molecular weight excluding hydrogens is 528 g/mol. The van der Waals surface area contributed by atoms with Gasteiger partial charge in [-0.15, -0.1) is 0 Å². The predicted octanol–water partition coefficient (Wildman–Crippen LogP) is -2.25. The van der Waals surface area contributed by atoms with Crippen LogP contribution in [0.3, 0.4) is 0 Å². The molecule has 39 heavy (non-hydrogen) atoms. The maximum atomic E-state index is 13.3. The van der Waals surface area contributed by atoms with E-state index in [1.165, 1.54) is 12.5 Å². The molecule has 0 radical (unpaired) electrons. The summed E-state index contributed by atoms with van der Waals surface area (Å²) in [6.07, 6.45) is 7.05. The minimum absolute atomic E-state index is 0.0402. The lowest BCUT2D eigenvalue weighted by molar-refractivity contribution is -0.142. The Hall–Kier alpha value is -3.37. The van der Waals surface area contributed by atoms with E-state index in [0.29, 0.717) is 43.7 Å². The number of carboxylic acids is 1. The van der Waals surface area contributed by atoms with Gasteiger partial charge in [0.25, 0.3) is 0 Å². The summed E-state index contributed by atoms with van der Waals surface area (Å²) < 4.78 is 0. The summed E-state index contributed by atoms with van der Waals surface area (Å²) in [4.78, 5) is 61.4. The van der Waals surface area contributed by atoms with Crippen molar-refractivity contribution in [1.29, 1.82) is 0 Å². The number of nitrogens with zero attached hydrogens (tertiary/aromatic N) is 2. The number of carboxylic acid groups (broad SMARTS) is 1. The molecule has 15 nitrogen and oxygen atoms in total. The van der Waals surface area contributed by atoms with Gasteiger partial charge in [-0.05, 0) is 57.1 Å². The molecule has 0 fully saturated rings. The first kappa shape index (κ1) is 33.7. The molecule has 4 atom stereocenters. The number of rotatable bonds is 20. The average Bonchev–Trinajstić information content (AvgIpc) is 3.40. The van der Waals surface area contributed by atoms with Gasteiger partial charge in [-0.2, -0.15) is 11.8 Å². The van der Waals surface area contributed by atoms with Crippen LogP contribution in [0.15, 0.2) is 17.5 Å². The summed E-state index contributed by atoms with van der Waals surface area (Å²) in [5.41, 5.74) is 22.8. The number of unbranched alkanes of at least 4 members (excludes halogenated alkanes) is 1. The number of nitrogens with two attached hydrogens (primary N) is 4. The van der Waals surface area contributed by atoms with Crippen LogP contribution in [0.1, 0.15) is 44.2 Å². The molecule has 13 N–H and O–H groups in total. The van der Waals surface area contributed by atoms with Crippen LogP contribution >= 0.6 is 11.8 Å². The highest BCUT2D eigenvalue weighted by molar-refractivity contribution is 7.98. The van der Waals surface area contributed by atoms with Crippen molar-refractivity contribution in [2.45, 2.75) is 69.1 Å². The molecule has 4 unspecified atom stereocenters. The standard InChI is InChI=1S/C23H42N10O5S/c1-39-10-7-15(25)19(34)31-16(5-2-3-8-24)20(35)32-17(6-4-9-29-23(26)27)21(36)33-18(22(37)38)11-14-12-28-13-30-14/h12-13,15-18H,2-11,24-25H2,1H3,(H,28,30)(H,31,34)(H,32,35)(H,33,36)(H,37,38)(H4,26,27,29). The number of guanidine groups is 1. The fourth-order valence-corrected chi connectivity index (χ4v) is 4.04. The van der Waals surface area contributed by atoms with Crippen LogP contribution in [0, 0.1) is 0 Å². The van der Waals surface area contributed by atoms with Gasteiger partial charge in [0.05, 0.1) is 12.4 Å². The molecule has 0 aliphatic rings. The molecule has 0 aliphatic heterocycles. The number of H-pyrrole nitrogens is 1. The van der Waals surface area contributed by atoms with Gasteiger partial charge >= 0.3 is 5.97 Å². The second-order valence-electron chi connectivity index (χ2n) is 8.92. The van der Waals surface area contributed by atoms with Crippen LogP contribution < -0.4 is 38.9 Å². The van der Waals surface area contributed by atoms with E-state index in [4.69, 9.17) is 22.9 Å². The highest BCUT2D eigenvalue weighted by Crippen LogP contribution is 2.07. The molecule has 0 aliphatic carbocycles. The minimum Gasteiger partial charge on any atom is -0.480 e. The van der Waals surface area contributed by atoms with E-state index in [1.807, 2.05) is 6.26 Å². The largest absolute Gasteiger partial charge is 0.480 e. The molecule has 1 aromatic rings. The van der Waals surface area contributed by atoms with Crippen molar-refractivity contribution in [3.8, 4) is 0 Å². The number of carbonyl (C=O) groups is 4. The lowest BCUT2D eigenvalue weighted by Gasteiger charge is -2.25. The number of aromatic amines is 1. The van der Waals surface area contributed by atoms with Crippen molar-refractivity contribution in [3.63, 3.8) is 0 Å². The first-order chi connectivity index (χ1) is 18.6. The number of nitrogens with one attached hydrogen (secondary N) is 4. The van der Waals surface area contributed by atoms with E-state index in [-0.39, 0.29) is 31.8 Å². The molecule has 0 bridgehead atoms. The Labute approximate surface area is 232 Å². The summed E-state index contributed by atoms with van der Waals surface area (Å²) in [7, 11) is 0. The molecule has 3 amide bonds. The van der Waals surface area contributed by atoms with Crippen molar-refractivity contribution in [2.24, 2.45) is 27.9 Å². The van der Waals surface area contributed by atoms with Crippen molar-refractivity contribution in [3.05, 3.63) is 18.2 Å². The van der Waals surface area contributed by atoms with Crippen molar-refractivity contribution >= 4 is 41.4 Å². The van der Waals surface area contributed by atoms with Crippen molar-refractivity contribution in [1.82, 2.24) is 25.9 Å². The highest BCUT2D eigenvalue weighted by Gasteiger charge is 2.30. The van der Waals surface area contributed by atoms with Gasteiger partial charge in [0.2, 0.25) is 17.7 Å². The number of amides is 3. The number of aromatic nitrogens is 2. The van der Waals surface area contributed by atoms with Crippen molar-refractivity contribution < 1.29 is 24.3 Å². The number of hydrogen-bond donors (Lipinski definition) is 9. The molecular formula is C23H42N10O5S. The maximum Gasteiger partial charge on any atom is 0.326 e. The molecule has 0 saturated carbocycles. The zero-order valence-electron chi connectivity index (χ0n) is 22.2. The summed E-state index contributed by atoms with van der Waals surface area (Å²) in [6.45, 7) is 0.609. The Morgan fingerprint density at radius 1 is 1.00 bits per heavy atom. The van der Waals surface area contributed by atoms with Gasteiger partial charge in [0.1, 0.15) is 18.1 Å². The van der Waals surface area contributed by atoms with Gasteiger partial charge < -0.3 is 49.0 Å². The second kappa shape index (κ2) is 18.8. The van der Waals surface area contributed by atoms with E-state index in [9.17, 15) is 24.3 Å². The van der Waals surface area contributed by atoms with Crippen LogP contribution in [0.4, 0.5) is 0 Å². The Kier molecular flexibility index (Phi) is 16.2. The van der Waals surface area contributed by atoms with E-state index in [2.05, 4.69) is 30.9 Å². The number of thioether (sulfide) groups is 1. The SMILES string of the molecule is CSCCC(N)C(=O)NC(CCCCN)C(=O)NC(CCCN=C(N)N)C(=O)NC(Cc1cnc[nH]1)C(=O)O. The van der Waals surface area contributed by atoms with E-state index >= 15 is 0 Å². The number of hydrogen-bond acceptors (Lipinski definition) is 9. The van der Waals surface area contributed by atoms with Gasteiger partial charge in [-0.3, -0.25) is 19.4 Å². The van der Waals surface area contributed by atoms with E-state index in [1.54, 1.807) is 11.8 Å². The first-order valence-electron chi connectivity index (χ1n) is 12.7.